The van der Waals surface area contributed by atoms with E-state index < -0.39 is 23.5 Å². The van der Waals surface area contributed by atoms with Crippen molar-refractivity contribution in [2.24, 2.45) is 0 Å². The number of aryl methyl sites for hydroxylation is 1. The first kappa shape index (κ1) is 25.1. The highest BCUT2D eigenvalue weighted by Gasteiger charge is 2.43. The van der Waals surface area contributed by atoms with Gasteiger partial charge in [0, 0.05) is 30.9 Å². The second kappa shape index (κ2) is 11.2. The molecule has 4 rings (SSSR count). The van der Waals surface area contributed by atoms with Crippen molar-refractivity contribution in [1.82, 2.24) is 9.88 Å². The first-order valence-electron chi connectivity index (χ1n) is 12.1. The van der Waals surface area contributed by atoms with Crippen molar-refractivity contribution in [3.8, 4) is 5.75 Å². The second-order valence-corrected chi connectivity index (χ2v) is 9.30. The summed E-state index contributed by atoms with van der Waals surface area (Å²) in [7, 11) is 4.07. The Morgan fingerprint density at radius 2 is 1.72 bits per heavy atom. The number of Topliss-reactive ketones (excluding diaryl/α,β-unsaturated/α-hetero) is 1. The molecule has 1 aliphatic rings. The molecular formula is C29H31N3O4. The van der Waals surface area contributed by atoms with Crippen LogP contribution < -0.4 is 14.7 Å². The molecule has 1 aliphatic heterocycles. The molecule has 7 heteroatoms. The van der Waals surface area contributed by atoms with Crippen LogP contribution in [-0.2, 0) is 16.2 Å². The standard InChI is InChI=1S/C29H31N3O4/c1-20-7-4-5-8-23(20)19-36-24-11-9-22(10-12-24)27(33)25-26(21-13-15-30-16-14-21)32(29(35)28(25)34)18-6-17-31(2)3/h4-5,7-16,26,33H,6,17-19H2,1-3H3/b27-25+. The van der Waals surface area contributed by atoms with E-state index in [9.17, 15) is 14.7 Å². The summed E-state index contributed by atoms with van der Waals surface area (Å²) in [5.41, 5.74) is 3.25. The van der Waals surface area contributed by atoms with Crippen LogP contribution in [0.25, 0.3) is 5.76 Å². The van der Waals surface area contributed by atoms with E-state index in [4.69, 9.17) is 4.74 Å². The summed E-state index contributed by atoms with van der Waals surface area (Å²) >= 11 is 0. The van der Waals surface area contributed by atoms with E-state index in [1.807, 2.05) is 45.3 Å². The number of benzene rings is 2. The van der Waals surface area contributed by atoms with Gasteiger partial charge >= 0.3 is 0 Å². The normalized spacial score (nSPS) is 17.1. The highest BCUT2D eigenvalue weighted by atomic mass is 16.5. The summed E-state index contributed by atoms with van der Waals surface area (Å²) in [5, 5.41) is 13.6. The Balaban J connectivity index is 1.61. The number of amides is 1. The van der Waals surface area contributed by atoms with E-state index in [0.29, 0.717) is 30.0 Å². The number of nitrogens with one attached hydrogen (secondary N) is 1. The van der Waals surface area contributed by atoms with Gasteiger partial charge in [-0.1, -0.05) is 42.2 Å². The maximum atomic E-state index is 13.6. The van der Waals surface area contributed by atoms with Crippen LogP contribution in [0.3, 0.4) is 0 Å². The summed E-state index contributed by atoms with van der Waals surface area (Å²) in [5.74, 6) is -1.19. The molecule has 0 radical (unpaired) electrons. The Labute approximate surface area is 211 Å². The molecule has 2 aromatic carbocycles. The molecule has 1 unspecified atom stereocenters. The Hall–Kier alpha value is -3.97. The highest BCUT2D eigenvalue weighted by molar-refractivity contribution is 6.46. The van der Waals surface area contributed by atoms with Gasteiger partial charge in [0.2, 0.25) is 5.78 Å². The molecule has 0 saturated carbocycles. The lowest BCUT2D eigenvalue weighted by Crippen LogP contribution is -3.05. The third-order valence-corrected chi connectivity index (χ3v) is 6.40. The molecular weight excluding hydrogens is 454 g/mol. The predicted molar refractivity (Wildman–Crippen MR) is 135 cm³/mol. The van der Waals surface area contributed by atoms with Crippen molar-refractivity contribution < 1.29 is 24.3 Å². The molecule has 1 atom stereocenters. The molecule has 1 aromatic heterocycles. The number of pyridine rings is 1. The van der Waals surface area contributed by atoms with E-state index in [0.717, 1.165) is 24.1 Å². The maximum absolute atomic E-state index is 13.6. The molecule has 0 aliphatic carbocycles. The average Bonchev–Trinajstić information content (AvgIpc) is 3.13. The largest absolute Gasteiger partial charge is 0.872 e. The van der Waals surface area contributed by atoms with Crippen LogP contribution in [0.15, 0.2) is 78.6 Å². The van der Waals surface area contributed by atoms with E-state index in [1.165, 1.54) is 9.80 Å². The zero-order valence-electron chi connectivity index (χ0n) is 20.9. The monoisotopic (exact) mass is 485 g/mol. The van der Waals surface area contributed by atoms with Crippen molar-refractivity contribution in [3.05, 3.63) is 101 Å². The fourth-order valence-electron chi connectivity index (χ4n) is 4.39. The molecule has 0 spiro atoms. The number of quaternary nitrogens is 1. The topological polar surface area (TPSA) is 87.0 Å². The average molecular weight is 486 g/mol. The van der Waals surface area contributed by atoms with Crippen molar-refractivity contribution in [1.29, 1.82) is 0 Å². The number of rotatable bonds is 9. The Morgan fingerprint density at radius 3 is 2.39 bits per heavy atom. The van der Waals surface area contributed by atoms with Crippen molar-refractivity contribution in [3.63, 3.8) is 0 Å². The smallest absolute Gasteiger partial charge is 0.295 e. The number of carbonyl (C=O) groups excluding carboxylic acids is 2. The quantitative estimate of drug-likeness (QED) is 0.283. The number of hydrogen-bond donors (Lipinski definition) is 1. The minimum atomic E-state index is -0.737. The van der Waals surface area contributed by atoms with Crippen LogP contribution in [0, 0.1) is 6.92 Å². The van der Waals surface area contributed by atoms with Gasteiger partial charge in [-0.25, -0.2) is 0 Å². The summed E-state index contributed by atoms with van der Waals surface area (Å²) in [6, 6.07) is 17.5. The van der Waals surface area contributed by atoms with Gasteiger partial charge in [0.1, 0.15) is 12.4 Å². The Morgan fingerprint density at radius 1 is 1.03 bits per heavy atom. The minimum absolute atomic E-state index is 0.0167. The van der Waals surface area contributed by atoms with Gasteiger partial charge in [0.15, 0.2) is 0 Å². The fraction of sp³-hybridized carbons (Fsp3) is 0.276. The van der Waals surface area contributed by atoms with E-state index in [1.54, 1.807) is 48.8 Å². The van der Waals surface area contributed by atoms with Gasteiger partial charge in [0.05, 0.1) is 26.7 Å². The number of ether oxygens (including phenoxy) is 1. The van der Waals surface area contributed by atoms with Gasteiger partial charge in [-0.3, -0.25) is 14.6 Å². The second-order valence-electron chi connectivity index (χ2n) is 9.30. The fourth-order valence-corrected chi connectivity index (χ4v) is 4.39. The summed E-state index contributed by atoms with van der Waals surface area (Å²) in [4.78, 5) is 32.9. The maximum Gasteiger partial charge on any atom is 0.295 e. The molecule has 3 aromatic rings. The summed E-state index contributed by atoms with van der Waals surface area (Å²) in [6.45, 7) is 3.68. The molecule has 36 heavy (non-hydrogen) atoms. The van der Waals surface area contributed by atoms with Crippen LogP contribution in [0.1, 0.15) is 34.7 Å². The van der Waals surface area contributed by atoms with Crippen molar-refractivity contribution in [2.75, 3.05) is 27.2 Å². The van der Waals surface area contributed by atoms with Gasteiger partial charge in [-0.05, 0) is 53.4 Å². The first-order chi connectivity index (χ1) is 17.4. The molecule has 0 bridgehead atoms. The molecule has 7 nitrogen and oxygen atoms in total. The third-order valence-electron chi connectivity index (χ3n) is 6.40. The van der Waals surface area contributed by atoms with Crippen LogP contribution in [-0.4, -0.2) is 48.8 Å². The lowest BCUT2D eigenvalue weighted by atomic mass is 9.96. The molecule has 186 valence electrons. The number of hydrogen-bond acceptors (Lipinski definition) is 5. The van der Waals surface area contributed by atoms with Crippen LogP contribution >= 0.6 is 0 Å². The molecule has 1 saturated heterocycles. The summed E-state index contributed by atoms with van der Waals surface area (Å²) < 4.78 is 5.89. The number of carbonyl (C=O) groups is 2. The Kier molecular flexibility index (Phi) is 7.80. The highest BCUT2D eigenvalue weighted by Crippen LogP contribution is 2.38. The number of nitrogens with zero attached hydrogens (tertiary/aromatic N) is 2. The first-order valence-corrected chi connectivity index (χ1v) is 12.1. The number of ketones is 1. The van der Waals surface area contributed by atoms with Gasteiger partial charge in [0.25, 0.3) is 5.91 Å². The number of aromatic nitrogens is 1. The predicted octanol–water partition coefficient (Wildman–Crippen LogP) is 1.73. The lowest BCUT2D eigenvalue weighted by molar-refractivity contribution is -0.858. The van der Waals surface area contributed by atoms with E-state index in [-0.39, 0.29) is 5.57 Å². The van der Waals surface area contributed by atoms with Crippen molar-refractivity contribution >= 4 is 17.4 Å². The molecule has 1 amide bonds. The van der Waals surface area contributed by atoms with Crippen LogP contribution in [0.4, 0.5) is 0 Å². The van der Waals surface area contributed by atoms with E-state index in [2.05, 4.69) is 4.98 Å². The van der Waals surface area contributed by atoms with Crippen molar-refractivity contribution in [2.45, 2.75) is 26.0 Å². The SMILES string of the molecule is Cc1ccccc1COc1ccc(/C([O-])=C2\C(=O)C(=O)N(CCC[NH+](C)C)C2c2ccncc2)cc1. The Bertz CT molecular complexity index is 1250. The number of likely N-dealkylation sites (tertiary alicyclic amines) is 1. The molecule has 1 fully saturated rings. The molecule has 2 heterocycles. The zero-order chi connectivity index (χ0) is 25.7. The third kappa shape index (κ3) is 5.47. The lowest BCUT2D eigenvalue weighted by Gasteiger charge is -2.27. The summed E-state index contributed by atoms with van der Waals surface area (Å²) in [6.07, 6.45) is 3.93. The molecule has 1 N–H and O–H groups in total. The van der Waals surface area contributed by atoms with Gasteiger partial charge in [-0.2, -0.15) is 0 Å². The van der Waals surface area contributed by atoms with Crippen LogP contribution in [0.2, 0.25) is 0 Å². The minimum Gasteiger partial charge on any atom is -0.872 e. The van der Waals surface area contributed by atoms with Gasteiger partial charge in [-0.15, -0.1) is 0 Å². The van der Waals surface area contributed by atoms with E-state index >= 15 is 0 Å². The van der Waals surface area contributed by atoms with Crippen LogP contribution in [0.5, 0.6) is 5.75 Å². The zero-order valence-corrected chi connectivity index (χ0v) is 20.9. The van der Waals surface area contributed by atoms with Gasteiger partial charge < -0.3 is 19.6 Å².